The third-order valence-corrected chi connectivity index (χ3v) is 5.45. The number of carbonyl (C=O) groups excluding carboxylic acids is 2. The van der Waals surface area contributed by atoms with E-state index < -0.39 is 11.6 Å². The highest BCUT2D eigenvalue weighted by atomic mass is 19.1. The molecule has 1 saturated heterocycles. The first-order valence-corrected chi connectivity index (χ1v) is 9.46. The SMILES string of the molecule is Cc1nn(-c2ccc(F)cc2F)c(C)c1C(=O)N1CCN(C(=O)C2CC2)CC1. The van der Waals surface area contributed by atoms with Gasteiger partial charge in [-0.2, -0.15) is 5.10 Å². The van der Waals surface area contributed by atoms with Crippen LogP contribution < -0.4 is 0 Å². The quantitative estimate of drug-likeness (QED) is 0.812. The van der Waals surface area contributed by atoms with Crippen LogP contribution >= 0.6 is 0 Å². The fraction of sp³-hybridized carbons (Fsp3) is 0.450. The lowest BCUT2D eigenvalue weighted by Gasteiger charge is -2.35. The standard InChI is InChI=1S/C20H22F2N4O2/c1-12-18(13(2)26(23-12)17-6-5-15(21)11-16(17)22)20(28)25-9-7-24(8-10-25)19(27)14-3-4-14/h5-6,11,14H,3-4,7-10H2,1-2H3. The largest absolute Gasteiger partial charge is 0.339 e. The number of nitrogens with zero attached hydrogens (tertiary/aromatic N) is 4. The van der Waals surface area contributed by atoms with Gasteiger partial charge in [0.05, 0.1) is 17.0 Å². The smallest absolute Gasteiger partial charge is 0.257 e. The second-order valence-corrected chi connectivity index (χ2v) is 7.45. The Labute approximate surface area is 161 Å². The van der Waals surface area contributed by atoms with Crippen molar-refractivity contribution < 1.29 is 18.4 Å². The van der Waals surface area contributed by atoms with Crippen LogP contribution in [0, 0.1) is 31.4 Å². The Morgan fingerprint density at radius 1 is 1.04 bits per heavy atom. The van der Waals surface area contributed by atoms with Crippen molar-refractivity contribution >= 4 is 11.8 Å². The molecule has 1 aromatic carbocycles. The molecule has 0 unspecified atom stereocenters. The summed E-state index contributed by atoms with van der Waals surface area (Å²) in [6, 6.07) is 3.26. The van der Waals surface area contributed by atoms with E-state index in [-0.39, 0.29) is 23.4 Å². The molecule has 1 aliphatic carbocycles. The first-order valence-electron chi connectivity index (χ1n) is 9.46. The van der Waals surface area contributed by atoms with Crippen LogP contribution in [-0.4, -0.2) is 57.6 Å². The maximum atomic E-state index is 14.2. The molecule has 2 amide bonds. The Bertz CT molecular complexity index is 944. The van der Waals surface area contributed by atoms with Gasteiger partial charge in [-0.1, -0.05) is 0 Å². The van der Waals surface area contributed by atoms with Gasteiger partial charge in [0.2, 0.25) is 5.91 Å². The fourth-order valence-corrected chi connectivity index (χ4v) is 3.72. The number of amides is 2. The maximum absolute atomic E-state index is 14.2. The molecule has 1 aliphatic heterocycles. The number of carbonyl (C=O) groups is 2. The number of rotatable bonds is 3. The Morgan fingerprint density at radius 2 is 1.68 bits per heavy atom. The zero-order valence-electron chi connectivity index (χ0n) is 15.9. The average molecular weight is 388 g/mol. The van der Waals surface area contributed by atoms with Crippen molar-refractivity contribution in [1.82, 2.24) is 19.6 Å². The molecule has 0 radical (unpaired) electrons. The second kappa shape index (κ2) is 7.00. The monoisotopic (exact) mass is 388 g/mol. The lowest BCUT2D eigenvalue weighted by molar-refractivity contribution is -0.134. The van der Waals surface area contributed by atoms with Gasteiger partial charge in [0, 0.05) is 38.2 Å². The first-order chi connectivity index (χ1) is 13.4. The van der Waals surface area contributed by atoms with E-state index in [1.807, 2.05) is 4.90 Å². The second-order valence-electron chi connectivity index (χ2n) is 7.45. The lowest BCUT2D eigenvalue weighted by Crippen LogP contribution is -2.51. The van der Waals surface area contributed by atoms with Gasteiger partial charge in [-0.25, -0.2) is 13.5 Å². The molecule has 148 valence electrons. The van der Waals surface area contributed by atoms with Crippen molar-refractivity contribution in [2.75, 3.05) is 26.2 Å². The highest BCUT2D eigenvalue weighted by molar-refractivity contribution is 5.96. The third kappa shape index (κ3) is 3.27. The molecule has 1 aromatic heterocycles. The predicted octanol–water partition coefficient (Wildman–Crippen LogP) is 2.46. The molecule has 2 heterocycles. The van der Waals surface area contributed by atoms with Crippen LogP contribution in [0.3, 0.4) is 0 Å². The fourth-order valence-electron chi connectivity index (χ4n) is 3.72. The van der Waals surface area contributed by atoms with Crippen LogP contribution in [0.5, 0.6) is 0 Å². The van der Waals surface area contributed by atoms with E-state index in [2.05, 4.69) is 5.10 Å². The van der Waals surface area contributed by atoms with Crippen molar-refractivity contribution in [3.8, 4) is 5.69 Å². The van der Waals surface area contributed by atoms with Crippen LogP contribution in [0.1, 0.15) is 34.6 Å². The number of hydrogen-bond acceptors (Lipinski definition) is 3. The number of hydrogen-bond donors (Lipinski definition) is 0. The highest BCUT2D eigenvalue weighted by Crippen LogP contribution is 2.31. The molecule has 0 bridgehead atoms. The topological polar surface area (TPSA) is 58.4 Å². The summed E-state index contributed by atoms with van der Waals surface area (Å²) in [5, 5.41) is 4.30. The predicted molar refractivity (Wildman–Crippen MR) is 98.2 cm³/mol. The molecule has 0 atom stereocenters. The zero-order valence-corrected chi connectivity index (χ0v) is 15.9. The van der Waals surface area contributed by atoms with Crippen LogP contribution in [0.15, 0.2) is 18.2 Å². The van der Waals surface area contributed by atoms with E-state index in [0.29, 0.717) is 43.1 Å². The van der Waals surface area contributed by atoms with Gasteiger partial charge in [0.15, 0.2) is 5.82 Å². The van der Waals surface area contributed by atoms with Gasteiger partial charge >= 0.3 is 0 Å². The molecule has 0 spiro atoms. The van der Waals surface area contributed by atoms with Crippen LogP contribution in [0.2, 0.25) is 0 Å². The molecule has 2 aliphatic rings. The summed E-state index contributed by atoms with van der Waals surface area (Å²) in [4.78, 5) is 28.8. The normalized spacial score (nSPS) is 17.1. The minimum Gasteiger partial charge on any atom is -0.339 e. The van der Waals surface area contributed by atoms with E-state index in [9.17, 15) is 18.4 Å². The zero-order chi connectivity index (χ0) is 20.0. The van der Waals surface area contributed by atoms with E-state index in [1.165, 1.54) is 10.7 Å². The number of halogens is 2. The van der Waals surface area contributed by atoms with Gasteiger partial charge in [-0.05, 0) is 38.8 Å². The van der Waals surface area contributed by atoms with Crippen LogP contribution in [-0.2, 0) is 4.79 Å². The Hall–Kier alpha value is -2.77. The summed E-state index contributed by atoms with van der Waals surface area (Å²) in [5.74, 6) is -1.22. The van der Waals surface area contributed by atoms with E-state index >= 15 is 0 Å². The summed E-state index contributed by atoms with van der Waals surface area (Å²) < 4.78 is 28.7. The van der Waals surface area contributed by atoms with E-state index in [1.54, 1.807) is 18.7 Å². The minimum atomic E-state index is -0.739. The van der Waals surface area contributed by atoms with Crippen LogP contribution in [0.25, 0.3) is 5.69 Å². The summed E-state index contributed by atoms with van der Waals surface area (Å²) in [5.41, 5.74) is 1.51. The molecular formula is C20H22F2N4O2. The molecule has 2 aromatic rings. The van der Waals surface area contributed by atoms with Crippen molar-refractivity contribution in [1.29, 1.82) is 0 Å². The summed E-state index contributed by atoms with van der Waals surface area (Å²) in [6.07, 6.45) is 1.94. The van der Waals surface area contributed by atoms with Crippen molar-refractivity contribution in [2.45, 2.75) is 26.7 Å². The van der Waals surface area contributed by atoms with Gasteiger partial charge in [0.25, 0.3) is 5.91 Å². The van der Waals surface area contributed by atoms with E-state index in [4.69, 9.17) is 0 Å². The Balaban J connectivity index is 1.54. The summed E-state index contributed by atoms with van der Waals surface area (Å²) in [6.45, 7) is 5.38. The highest BCUT2D eigenvalue weighted by Gasteiger charge is 2.36. The maximum Gasteiger partial charge on any atom is 0.257 e. The average Bonchev–Trinajstić information content (AvgIpc) is 3.47. The van der Waals surface area contributed by atoms with Gasteiger partial charge in [-0.15, -0.1) is 0 Å². The summed E-state index contributed by atoms with van der Waals surface area (Å²) in [7, 11) is 0. The molecule has 1 saturated carbocycles. The van der Waals surface area contributed by atoms with Gasteiger partial charge < -0.3 is 9.80 Å². The molecule has 28 heavy (non-hydrogen) atoms. The van der Waals surface area contributed by atoms with Crippen molar-refractivity contribution in [3.63, 3.8) is 0 Å². The molecule has 6 nitrogen and oxygen atoms in total. The van der Waals surface area contributed by atoms with E-state index in [0.717, 1.165) is 25.0 Å². The molecule has 0 N–H and O–H groups in total. The minimum absolute atomic E-state index is 0.0981. The number of piperazine rings is 1. The van der Waals surface area contributed by atoms with Crippen LogP contribution in [0.4, 0.5) is 8.78 Å². The Morgan fingerprint density at radius 3 is 2.29 bits per heavy atom. The van der Waals surface area contributed by atoms with Gasteiger partial charge in [0.1, 0.15) is 11.5 Å². The van der Waals surface area contributed by atoms with Gasteiger partial charge in [-0.3, -0.25) is 9.59 Å². The summed E-state index contributed by atoms with van der Waals surface area (Å²) >= 11 is 0. The number of benzene rings is 1. The molecular weight excluding hydrogens is 366 g/mol. The molecule has 2 fully saturated rings. The first kappa shape index (κ1) is 18.6. The lowest BCUT2D eigenvalue weighted by atomic mass is 10.1. The molecule has 4 rings (SSSR count). The van der Waals surface area contributed by atoms with Crippen molar-refractivity contribution in [2.24, 2.45) is 5.92 Å². The van der Waals surface area contributed by atoms with Crippen molar-refractivity contribution in [3.05, 3.63) is 46.8 Å². The molecule has 8 heteroatoms. The Kier molecular flexibility index (Phi) is 4.64. The number of aromatic nitrogens is 2. The number of aryl methyl sites for hydroxylation is 1. The third-order valence-electron chi connectivity index (χ3n) is 5.45.